The molecule has 258 valence electrons. The molecule has 10 aromatic rings. The van der Waals surface area contributed by atoms with Crippen LogP contribution in [0.25, 0.3) is 101 Å². The highest BCUT2D eigenvalue weighted by atomic mass is 16.3. The average molecular weight is 704 g/mol. The summed E-state index contributed by atoms with van der Waals surface area (Å²) < 4.78 is 6.36. The van der Waals surface area contributed by atoms with Gasteiger partial charge in [0.05, 0.1) is 0 Å². The van der Waals surface area contributed by atoms with E-state index in [0.29, 0.717) is 17.5 Å². The van der Waals surface area contributed by atoms with E-state index in [4.69, 9.17) is 19.4 Å². The fraction of sp³-hybridized carbons (Fsp3) is 0. The van der Waals surface area contributed by atoms with E-state index in [1.807, 2.05) is 54.6 Å². The molecule has 2 heterocycles. The van der Waals surface area contributed by atoms with Gasteiger partial charge in [-0.2, -0.15) is 0 Å². The van der Waals surface area contributed by atoms with E-state index in [-0.39, 0.29) is 0 Å². The predicted octanol–water partition coefficient (Wildman–Crippen LogP) is 13.4. The van der Waals surface area contributed by atoms with E-state index in [9.17, 15) is 0 Å². The van der Waals surface area contributed by atoms with Gasteiger partial charge in [-0.25, -0.2) is 15.0 Å². The summed E-state index contributed by atoms with van der Waals surface area (Å²) >= 11 is 0. The van der Waals surface area contributed by atoms with Crippen molar-refractivity contribution in [2.45, 2.75) is 0 Å². The molecule has 0 amide bonds. The van der Waals surface area contributed by atoms with Crippen molar-refractivity contribution in [2.75, 3.05) is 0 Å². The van der Waals surface area contributed by atoms with Gasteiger partial charge < -0.3 is 4.42 Å². The Balaban J connectivity index is 0.998. The molecule has 0 radical (unpaired) electrons. The maximum atomic E-state index is 6.36. The number of hydrogen-bond donors (Lipinski definition) is 0. The summed E-state index contributed by atoms with van der Waals surface area (Å²) in [5, 5.41) is 2.27. The van der Waals surface area contributed by atoms with Gasteiger partial charge in [0.2, 0.25) is 0 Å². The number of nitrogens with zero attached hydrogens (tertiary/aromatic N) is 3. The van der Waals surface area contributed by atoms with Crippen LogP contribution >= 0.6 is 0 Å². The van der Waals surface area contributed by atoms with Crippen LogP contribution in [-0.4, -0.2) is 15.0 Å². The molecule has 0 fully saturated rings. The monoisotopic (exact) mass is 703 g/mol. The lowest BCUT2D eigenvalue weighted by Gasteiger charge is -2.12. The first-order chi connectivity index (χ1) is 27.2. The van der Waals surface area contributed by atoms with Crippen molar-refractivity contribution in [3.05, 3.63) is 200 Å². The van der Waals surface area contributed by atoms with Gasteiger partial charge in [-0.3, -0.25) is 0 Å². The van der Waals surface area contributed by atoms with Crippen molar-refractivity contribution < 1.29 is 4.42 Å². The SMILES string of the molecule is c1ccc(-c2nc(-c3cccc(-c4ccc(-c5cccc(-c6cccc7c6oc6ccccc67)c5)cc4)c3)nc(-c3ccccc3-c3ccccc3)n2)cc1. The Morgan fingerprint density at radius 1 is 0.273 bits per heavy atom. The molecule has 0 atom stereocenters. The standard InChI is InChI=1S/C51H33N3O/c1-3-14-36(15-4-1)42-22-7-8-24-46(42)51-53-49(37-16-5-2-6-17-37)52-50(54-51)41-21-12-19-39(33-41)35-30-28-34(29-31-35)38-18-11-20-40(32-38)43-25-13-26-45-44-23-9-10-27-47(44)55-48(43)45/h1-33H. The molecule has 0 aliphatic rings. The third-order valence-corrected chi connectivity index (χ3v) is 10.2. The Hall–Kier alpha value is -7.43. The normalized spacial score (nSPS) is 11.3. The van der Waals surface area contributed by atoms with Crippen LogP contribution in [0.1, 0.15) is 0 Å². The molecule has 55 heavy (non-hydrogen) atoms. The fourth-order valence-corrected chi connectivity index (χ4v) is 7.42. The molecule has 8 aromatic carbocycles. The van der Waals surface area contributed by atoms with Crippen LogP contribution in [0.3, 0.4) is 0 Å². The molecule has 0 N–H and O–H groups in total. The molecule has 0 aliphatic heterocycles. The lowest BCUT2D eigenvalue weighted by molar-refractivity contribution is 0.670. The lowest BCUT2D eigenvalue weighted by Crippen LogP contribution is -2.01. The lowest BCUT2D eigenvalue weighted by atomic mass is 9.96. The Morgan fingerprint density at radius 2 is 0.745 bits per heavy atom. The number of furan rings is 1. The minimum absolute atomic E-state index is 0.626. The highest BCUT2D eigenvalue weighted by molar-refractivity contribution is 6.09. The zero-order chi connectivity index (χ0) is 36.6. The van der Waals surface area contributed by atoms with Crippen LogP contribution in [0.5, 0.6) is 0 Å². The van der Waals surface area contributed by atoms with Gasteiger partial charge in [-0.05, 0) is 57.1 Å². The van der Waals surface area contributed by atoms with E-state index >= 15 is 0 Å². The van der Waals surface area contributed by atoms with E-state index in [0.717, 1.165) is 83.1 Å². The van der Waals surface area contributed by atoms with Gasteiger partial charge in [0.25, 0.3) is 0 Å². The molecule has 4 nitrogen and oxygen atoms in total. The molecule has 0 bridgehead atoms. The molecule has 0 saturated heterocycles. The van der Waals surface area contributed by atoms with Crippen LogP contribution in [-0.2, 0) is 0 Å². The maximum Gasteiger partial charge on any atom is 0.164 e. The van der Waals surface area contributed by atoms with Crippen molar-refractivity contribution in [1.82, 2.24) is 15.0 Å². The second-order valence-corrected chi connectivity index (χ2v) is 13.6. The van der Waals surface area contributed by atoms with E-state index < -0.39 is 0 Å². The summed E-state index contributed by atoms with van der Waals surface area (Å²) in [5.41, 5.74) is 13.5. The zero-order valence-corrected chi connectivity index (χ0v) is 29.8. The molecule has 0 saturated carbocycles. The topological polar surface area (TPSA) is 51.8 Å². The number of aromatic nitrogens is 3. The Morgan fingerprint density at radius 3 is 1.47 bits per heavy atom. The first-order valence-corrected chi connectivity index (χ1v) is 18.4. The summed E-state index contributed by atoms with van der Waals surface area (Å²) in [6.07, 6.45) is 0. The molecule has 0 spiro atoms. The first-order valence-electron chi connectivity index (χ1n) is 18.4. The van der Waals surface area contributed by atoms with Crippen LogP contribution in [0.4, 0.5) is 0 Å². The maximum absolute atomic E-state index is 6.36. The van der Waals surface area contributed by atoms with Gasteiger partial charge in [0, 0.05) is 33.0 Å². The zero-order valence-electron chi connectivity index (χ0n) is 29.8. The predicted molar refractivity (Wildman–Crippen MR) is 225 cm³/mol. The second-order valence-electron chi connectivity index (χ2n) is 13.6. The van der Waals surface area contributed by atoms with Crippen molar-refractivity contribution in [3.63, 3.8) is 0 Å². The summed E-state index contributed by atoms with van der Waals surface area (Å²) in [5.74, 6) is 1.90. The van der Waals surface area contributed by atoms with Crippen molar-refractivity contribution >= 4 is 21.9 Å². The van der Waals surface area contributed by atoms with Gasteiger partial charge in [0.15, 0.2) is 17.5 Å². The number of para-hydroxylation sites is 2. The number of benzene rings is 8. The minimum Gasteiger partial charge on any atom is -0.455 e. The number of hydrogen-bond acceptors (Lipinski definition) is 4. The molecule has 2 aromatic heterocycles. The van der Waals surface area contributed by atoms with Gasteiger partial charge in [-0.15, -0.1) is 0 Å². The molecule has 0 unspecified atom stereocenters. The van der Waals surface area contributed by atoms with Crippen LogP contribution < -0.4 is 0 Å². The first kappa shape index (κ1) is 32.2. The minimum atomic E-state index is 0.626. The second kappa shape index (κ2) is 13.8. The van der Waals surface area contributed by atoms with Gasteiger partial charge in [0.1, 0.15) is 11.2 Å². The summed E-state index contributed by atoms with van der Waals surface area (Å²) in [6.45, 7) is 0. The van der Waals surface area contributed by atoms with Crippen molar-refractivity contribution in [3.8, 4) is 78.7 Å². The largest absolute Gasteiger partial charge is 0.455 e. The van der Waals surface area contributed by atoms with Gasteiger partial charge in [-0.1, -0.05) is 182 Å². The third-order valence-electron chi connectivity index (χ3n) is 10.2. The molecular formula is C51H33N3O. The molecular weight excluding hydrogens is 671 g/mol. The third kappa shape index (κ3) is 6.16. The van der Waals surface area contributed by atoms with Crippen LogP contribution in [0.2, 0.25) is 0 Å². The quantitative estimate of drug-likeness (QED) is 0.166. The van der Waals surface area contributed by atoms with E-state index in [2.05, 4.69) is 146 Å². The number of rotatable bonds is 7. The Labute approximate surface area is 319 Å². The summed E-state index contributed by atoms with van der Waals surface area (Å²) in [7, 11) is 0. The van der Waals surface area contributed by atoms with Crippen LogP contribution in [0, 0.1) is 0 Å². The highest BCUT2D eigenvalue weighted by Gasteiger charge is 2.17. The fourth-order valence-electron chi connectivity index (χ4n) is 7.42. The molecule has 0 aliphatic carbocycles. The van der Waals surface area contributed by atoms with Crippen molar-refractivity contribution in [2.24, 2.45) is 0 Å². The van der Waals surface area contributed by atoms with E-state index in [1.54, 1.807) is 0 Å². The van der Waals surface area contributed by atoms with Crippen LogP contribution in [0.15, 0.2) is 205 Å². The number of fused-ring (bicyclic) bond motifs is 3. The van der Waals surface area contributed by atoms with Gasteiger partial charge >= 0.3 is 0 Å². The molecule has 10 rings (SSSR count). The summed E-state index contributed by atoms with van der Waals surface area (Å²) in [4.78, 5) is 15.2. The average Bonchev–Trinajstić information content (AvgIpc) is 3.66. The van der Waals surface area contributed by atoms with Crippen molar-refractivity contribution in [1.29, 1.82) is 0 Å². The Kier molecular flexibility index (Phi) is 8.12. The molecule has 4 heteroatoms. The smallest absolute Gasteiger partial charge is 0.164 e. The Bertz CT molecular complexity index is 2970. The highest BCUT2D eigenvalue weighted by Crippen LogP contribution is 2.38. The summed E-state index contributed by atoms with van der Waals surface area (Å²) in [6, 6.07) is 69.3. The van der Waals surface area contributed by atoms with E-state index in [1.165, 1.54) is 0 Å².